The van der Waals surface area contributed by atoms with Gasteiger partial charge in [-0.15, -0.1) is 0 Å². The molecule has 27 heavy (non-hydrogen) atoms. The van der Waals surface area contributed by atoms with E-state index in [2.05, 4.69) is 0 Å². The molecule has 1 saturated carbocycles. The first kappa shape index (κ1) is 18.2. The van der Waals surface area contributed by atoms with Crippen molar-refractivity contribution in [2.75, 3.05) is 33.0 Å². The van der Waals surface area contributed by atoms with Gasteiger partial charge in [0.15, 0.2) is 11.5 Å². The van der Waals surface area contributed by atoms with Gasteiger partial charge < -0.3 is 19.3 Å². The van der Waals surface area contributed by atoms with Crippen LogP contribution in [0.4, 0.5) is 0 Å². The highest BCUT2D eigenvalue weighted by Gasteiger charge is 2.30. The zero-order valence-corrected chi connectivity index (χ0v) is 15.9. The third kappa shape index (κ3) is 3.90. The lowest BCUT2D eigenvalue weighted by Gasteiger charge is -2.35. The van der Waals surface area contributed by atoms with Crippen LogP contribution in [-0.2, 0) is 9.59 Å². The number of amides is 2. The van der Waals surface area contributed by atoms with Crippen molar-refractivity contribution in [2.24, 2.45) is 5.92 Å². The summed E-state index contributed by atoms with van der Waals surface area (Å²) in [6.45, 7) is 2.54. The molecule has 2 amide bonds. The van der Waals surface area contributed by atoms with Crippen LogP contribution in [0.5, 0.6) is 11.5 Å². The number of ether oxygens (including phenoxy) is 2. The van der Waals surface area contributed by atoms with Crippen molar-refractivity contribution in [3.63, 3.8) is 0 Å². The summed E-state index contributed by atoms with van der Waals surface area (Å²) in [6, 6.07) is 3.55. The Morgan fingerprint density at radius 1 is 1.04 bits per heavy atom. The van der Waals surface area contributed by atoms with Gasteiger partial charge in [-0.25, -0.2) is 0 Å². The molecule has 0 unspecified atom stereocenters. The van der Waals surface area contributed by atoms with Crippen molar-refractivity contribution in [1.29, 1.82) is 0 Å². The first-order chi connectivity index (χ1) is 13.1. The van der Waals surface area contributed by atoms with Gasteiger partial charge in [0.05, 0.1) is 5.02 Å². The zero-order chi connectivity index (χ0) is 18.8. The van der Waals surface area contributed by atoms with Crippen LogP contribution < -0.4 is 9.47 Å². The second-order valence-corrected chi connectivity index (χ2v) is 7.61. The van der Waals surface area contributed by atoms with Crippen LogP contribution in [0.3, 0.4) is 0 Å². The molecule has 0 spiro atoms. The molecule has 144 valence electrons. The summed E-state index contributed by atoms with van der Waals surface area (Å²) in [5.74, 6) is 1.54. The Kier molecular flexibility index (Phi) is 5.25. The summed E-state index contributed by atoms with van der Waals surface area (Å²) in [5.41, 5.74) is 0.785. The first-order valence-corrected chi connectivity index (χ1v) is 9.84. The van der Waals surface area contributed by atoms with Crippen LogP contribution >= 0.6 is 11.6 Å². The molecular formula is C20H23ClN2O4. The highest BCUT2D eigenvalue weighted by molar-refractivity contribution is 6.32. The molecule has 0 atom stereocenters. The van der Waals surface area contributed by atoms with Crippen molar-refractivity contribution < 1.29 is 19.1 Å². The second-order valence-electron chi connectivity index (χ2n) is 7.20. The van der Waals surface area contributed by atoms with E-state index in [1.165, 1.54) is 0 Å². The number of fused-ring (bicyclic) bond motifs is 1. The predicted molar refractivity (Wildman–Crippen MR) is 102 cm³/mol. The van der Waals surface area contributed by atoms with Gasteiger partial charge in [0.25, 0.3) is 0 Å². The summed E-state index contributed by atoms with van der Waals surface area (Å²) in [4.78, 5) is 28.7. The fourth-order valence-electron chi connectivity index (χ4n) is 3.93. The summed E-state index contributed by atoms with van der Waals surface area (Å²) >= 11 is 6.17. The van der Waals surface area contributed by atoms with Crippen molar-refractivity contribution in [1.82, 2.24) is 9.80 Å². The lowest BCUT2D eigenvalue weighted by atomic mass is 10.1. The molecule has 2 fully saturated rings. The van der Waals surface area contributed by atoms with Gasteiger partial charge in [0.2, 0.25) is 18.6 Å². The van der Waals surface area contributed by atoms with Crippen LogP contribution in [-0.4, -0.2) is 54.6 Å². The molecule has 2 heterocycles. The maximum atomic E-state index is 12.5. The normalized spacial score (nSPS) is 19.9. The number of piperazine rings is 1. The summed E-state index contributed by atoms with van der Waals surface area (Å²) in [7, 11) is 0. The Morgan fingerprint density at radius 3 is 2.48 bits per heavy atom. The lowest BCUT2D eigenvalue weighted by Crippen LogP contribution is -2.51. The number of carbonyl (C=O) groups is 2. The predicted octanol–water partition coefficient (Wildman–Crippen LogP) is 2.94. The third-order valence-corrected chi connectivity index (χ3v) is 5.76. The molecule has 0 bridgehead atoms. The average Bonchev–Trinajstić information content (AvgIpc) is 3.37. The number of rotatable bonds is 3. The molecule has 2 aliphatic heterocycles. The molecule has 0 N–H and O–H groups in total. The minimum Gasteiger partial charge on any atom is -0.454 e. The number of hydrogen-bond acceptors (Lipinski definition) is 4. The topological polar surface area (TPSA) is 59.1 Å². The van der Waals surface area contributed by atoms with E-state index in [0.717, 1.165) is 31.2 Å². The van der Waals surface area contributed by atoms with Crippen molar-refractivity contribution in [2.45, 2.75) is 25.7 Å². The molecule has 1 aliphatic carbocycles. The van der Waals surface area contributed by atoms with Gasteiger partial charge in [-0.05, 0) is 36.6 Å². The zero-order valence-electron chi connectivity index (χ0n) is 15.2. The number of carbonyl (C=O) groups excluding carboxylic acids is 2. The maximum Gasteiger partial charge on any atom is 0.246 e. The van der Waals surface area contributed by atoms with E-state index >= 15 is 0 Å². The largest absolute Gasteiger partial charge is 0.454 e. The summed E-state index contributed by atoms with van der Waals surface area (Å²) in [5, 5.41) is 0.469. The van der Waals surface area contributed by atoms with Gasteiger partial charge in [-0.1, -0.05) is 24.4 Å². The molecule has 3 aliphatic rings. The van der Waals surface area contributed by atoms with Gasteiger partial charge in [0, 0.05) is 38.2 Å². The molecule has 4 rings (SSSR count). The Labute approximate surface area is 163 Å². The third-order valence-electron chi connectivity index (χ3n) is 5.48. The van der Waals surface area contributed by atoms with Crippen LogP contribution in [0.1, 0.15) is 31.2 Å². The molecule has 1 aromatic rings. The van der Waals surface area contributed by atoms with E-state index < -0.39 is 0 Å². The van der Waals surface area contributed by atoms with E-state index in [-0.39, 0.29) is 24.5 Å². The number of benzene rings is 1. The van der Waals surface area contributed by atoms with Crippen LogP contribution in [0.2, 0.25) is 5.02 Å². The maximum absolute atomic E-state index is 12.5. The average molecular weight is 391 g/mol. The van der Waals surface area contributed by atoms with Crippen molar-refractivity contribution in [3.8, 4) is 11.5 Å². The van der Waals surface area contributed by atoms with E-state index in [9.17, 15) is 9.59 Å². The number of halogens is 1. The number of hydrogen-bond donors (Lipinski definition) is 0. The monoisotopic (exact) mass is 390 g/mol. The van der Waals surface area contributed by atoms with Gasteiger partial charge in [-0.3, -0.25) is 9.59 Å². The van der Waals surface area contributed by atoms with Crippen LogP contribution in [0.25, 0.3) is 6.08 Å². The SMILES string of the molecule is O=C(/C=C/c1cc(Cl)c2c(c1)OCO2)N1CCN(C(=O)C2CCCC2)CC1. The highest BCUT2D eigenvalue weighted by Crippen LogP contribution is 2.40. The fraction of sp³-hybridized carbons (Fsp3) is 0.500. The van der Waals surface area contributed by atoms with Crippen molar-refractivity contribution >= 4 is 29.5 Å². The second kappa shape index (κ2) is 7.80. The molecule has 0 radical (unpaired) electrons. The molecule has 6 nitrogen and oxygen atoms in total. The molecule has 0 aromatic heterocycles. The van der Waals surface area contributed by atoms with E-state index in [4.69, 9.17) is 21.1 Å². The highest BCUT2D eigenvalue weighted by atomic mass is 35.5. The van der Waals surface area contributed by atoms with Crippen LogP contribution in [0.15, 0.2) is 18.2 Å². The number of nitrogens with zero attached hydrogens (tertiary/aromatic N) is 2. The van der Waals surface area contributed by atoms with Gasteiger partial charge in [0.1, 0.15) is 0 Å². The van der Waals surface area contributed by atoms with Crippen LogP contribution in [0, 0.1) is 5.92 Å². The van der Waals surface area contributed by atoms with E-state index in [1.54, 1.807) is 29.2 Å². The molecule has 1 saturated heterocycles. The van der Waals surface area contributed by atoms with Gasteiger partial charge >= 0.3 is 0 Å². The molecule has 1 aromatic carbocycles. The van der Waals surface area contributed by atoms with E-state index in [0.29, 0.717) is 42.7 Å². The minimum atomic E-state index is -0.0586. The lowest BCUT2D eigenvalue weighted by molar-refractivity contribution is -0.140. The minimum absolute atomic E-state index is 0.0586. The first-order valence-electron chi connectivity index (χ1n) is 9.47. The Morgan fingerprint density at radius 2 is 1.74 bits per heavy atom. The van der Waals surface area contributed by atoms with Gasteiger partial charge in [-0.2, -0.15) is 0 Å². The summed E-state index contributed by atoms with van der Waals surface area (Å²) in [6.07, 6.45) is 7.61. The van der Waals surface area contributed by atoms with Crippen molar-refractivity contribution in [3.05, 3.63) is 28.8 Å². The van der Waals surface area contributed by atoms with E-state index in [1.807, 2.05) is 4.90 Å². The fourth-order valence-corrected chi connectivity index (χ4v) is 4.21. The smallest absolute Gasteiger partial charge is 0.246 e. The standard InChI is InChI=1S/C20H23ClN2O4/c21-16-11-14(12-17-19(16)27-13-26-17)5-6-18(24)22-7-9-23(10-8-22)20(25)15-3-1-2-4-15/h5-6,11-12,15H,1-4,7-10,13H2/b6-5+. The Bertz CT molecular complexity index is 765. The summed E-state index contributed by atoms with van der Waals surface area (Å²) < 4.78 is 10.6. The quantitative estimate of drug-likeness (QED) is 0.744. The Balaban J connectivity index is 1.32. The Hall–Kier alpha value is -2.21. The molecule has 7 heteroatoms. The molecular weight excluding hydrogens is 368 g/mol.